The number of halogens is 1. The second-order valence-electron chi connectivity index (χ2n) is 5.58. The lowest BCUT2D eigenvalue weighted by atomic mass is 9.92. The van der Waals surface area contributed by atoms with E-state index in [1.54, 1.807) is 0 Å². The van der Waals surface area contributed by atoms with Crippen molar-refractivity contribution in [1.29, 1.82) is 0 Å². The molecule has 0 aromatic heterocycles. The normalized spacial score (nSPS) is 27.4. The molecule has 0 radical (unpaired) electrons. The van der Waals surface area contributed by atoms with Crippen molar-refractivity contribution in [3.8, 4) is 0 Å². The monoisotopic (exact) mass is 307 g/mol. The van der Waals surface area contributed by atoms with Gasteiger partial charge in [-0.25, -0.2) is 0 Å². The molecule has 2 aliphatic rings. The highest BCUT2D eigenvalue weighted by molar-refractivity contribution is 9.10. The van der Waals surface area contributed by atoms with Crippen LogP contribution in [0.1, 0.15) is 25.3 Å². The van der Waals surface area contributed by atoms with Crippen molar-refractivity contribution in [3.05, 3.63) is 34.3 Å². The molecule has 1 atom stereocenters. The number of hydrogen-bond acceptors (Lipinski definition) is 3. The first-order valence-corrected chi connectivity index (χ1v) is 7.21. The molecule has 18 heavy (non-hydrogen) atoms. The van der Waals surface area contributed by atoms with Gasteiger partial charge in [-0.15, -0.1) is 0 Å². The number of aliphatic imine (C=N–C) groups is 1. The zero-order valence-electron chi connectivity index (χ0n) is 10.6. The third-order valence-corrected chi connectivity index (χ3v) is 4.35. The van der Waals surface area contributed by atoms with Crippen molar-refractivity contribution in [2.45, 2.75) is 37.8 Å². The maximum atomic E-state index is 6.04. The third-order valence-electron chi connectivity index (χ3n) is 3.82. The van der Waals surface area contributed by atoms with Crippen LogP contribution in [0.25, 0.3) is 0 Å². The minimum absolute atomic E-state index is 0.0546. The van der Waals surface area contributed by atoms with Gasteiger partial charge in [-0.05, 0) is 43.9 Å². The van der Waals surface area contributed by atoms with Crippen molar-refractivity contribution in [2.75, 3.05) is 6.54 Å². The number of hydrogen-bond donors (Lipinski definition) is 1. The zero-order valence-corrected chi connectivity index (χ0v) is 12.2. The number of rotatable bonds is 3. The highest BCUT2D eigenvalue weighted by Crippen LogP contribution is 2.37. The molecule has 1 heterocycles. The van der Waals surface area contributed by atoms with Crippen LogP contribution in [0.5, 0.6) is 0 Å². The molecule has 1 fully saturated rings. The van der Waals surface area contributed by atoms with Crippen molar-refractivity contribution >= 4 is 21.9 Å². The summed E-state index contributed by atoms with van der Waals surface area (Å²) in [5, 5.41) is 0. The van der Waals surface area contributed by atoms with Crippen LogP contribution in [-0.2, 0) is 6.42 Å². The molecule has 0 saturated heterocycles. The fourth-order valence-corrected chi connectivity index (χ4v) is 3.09. The van der Waals surface area contributed by atoms with Crippen LogP contribution < -0.4 is 5.73 Å². The fourth-order valence-electron chi connectivity index (χ4n) is 2.82. The summed E-state index contributed by atoms with van der Waals surface area (Å²) in [6.45, 7) is 3.09. The first kappa shape index (κ1) is 12.0. The Morgan fingerprint density at radius 2 is 2.06 bits per heavy atom. The van der Waals surface area contributed by atoms with Gasteiger partial charge in [0.05, 0.1) is 12.1 Å². The van der Waals surface area contributed by atoms with E-state index in [1.165, 1.54) is 18.4 Å². The van der Waals surface area contributed by atoms with Crippen LogP contribution >= 0.6 is 15.9 Å². The lowest BCUT2D eigenvalue weighted by Crippen LogP contribution is -2.52. The largest absolute Gasteiger partial charge is 0.370 e. The van der Waals surface area contributed by atoms with Crippen LogP contribution in [0.2, 0.25) is 0 Å². The van der Waals surface area contributed by atoms with E-state index >= 15 is 0 Å². The molecule has 4 heteroatoms. The van der Waals surface area contributed by atoms with Crippen LogP contribution in [0.3, 0.4) is 0 Å². The summed E-state index contributed by atoms with van der Waals surface area (Å²) in [4.78, 5) is 6.80. The Bertz CT molecular complexity index is 478. The van der Waals surface area contributed by atoms with E-state index < -0.39 is 0 Å². The zero-order chi connectivity index (χ0) is 12.8. The van der Waals surface area contributed by atoms with Gasteiger partial charge < -0.3 is 10.6 Å². The average Bonchev–Trinajstić information content (AvgIpc) is 3.10. The van der Waals surface area contributed by atoms with Gasteiger partial charge in [0.25, 0.3) is 0 Å². The maximum absolute atomic E-state index is 6.04. The first-order valence-electron chi connectivity index (χ1n) is 6.42. The number of guanidine groups is 1. The molecule has 1 aromatic carbocycles. The van der Waals surface area contributed by atoms with Crippen molar-refractivity contribution in [1.82, 2.24) is 4.90 Å². The van der Waals surface area contributed by atoms with Gasteiger partial charge in [-0.3, -0.25) is 4.99 Å². The number of nitrogens with zero attached hydrogens (tertiary/aromatic N) is 2. The Labute approximate surface area is 116 Å². The van der Waals surface area contributed by atoms with E-state index in [4.69, 9.17) is 5.73 Å². The van der Waals surface area contributed by atoms with Gasteiger partial charge >= 0.3 is 0 Å². The Kier molecular flexibility index (Phi) is 2.85. The molecule has 2 N–H and O–H groups in total. The predicted molar refractivity (Wildman–Crippen MR) is 77.6 cm³/mol. The van der Waals surface area contributed by atoms with Crippen molar-refractivity contribution in [2.24, 2.45) is 10.7 Å². The van der Waals surface area contributed by atoms with Gasteiger partial charge in [0.2, 0.25) is 0 Å². The Balaban J connectivity index is 1.80. The first-order chi connectivity index (χ1) is 8.58. The molecule has 1 aromatic rings. The second kappa shape index (κ2) is 4.26. The number of benzene rings is 1. The molecule has 96 valence electrons. The highest BCUT2D eigenvalue weighted by Gasteiger charge is 2.45. The fraction of sp³-hybridized carbons (Fsp3) is 0.500. The molecule has 3 rings (SSSR count). The summed E-state index contributed by atoms with van der Waals surface area (Å²) >= 11 is 3.47. The van der Waals surface area contributed by atoms with Gasteiger partial charge in [-0.1, -0.05) is 28.1 Å². The Morgan fingerprint density at radius 3 is 2.67 bits per heavy atom. The van der Waals surface area contributed by atoms with Crippen LogP contribution in [0.4, 0.5) is 0 Å². The third kappa shape index (κ3) is 2.14. The summed E-state index contributed by atoms with van der Waals surface area (Å²) in [6, 6.07) is 9.17. The van der Waals surface area contributed by atoms with E-state index in [9.17, 15) is 0 Å². The minimum atomic E-state index is 0.0546. The Morgan fingerprint density at radius 1 is 1.39 bits per heavy atom. The quantitative estimate of drug-likeness (QED) is 0.932. The molecule has 1 unspecified atom stereocenters. The molecule has 1 aliphatic heterocycles. The van der Waals surface area contributed by atoms with Gasteiger partial charge in [0.15, 0.2) is 5.96 Å². The Hall–Kier alpha value is -1.03. The van der Waals surface area contributed by atoms with Crippen molar-refractivity contribution < 1.29 is 0 Å². The van der Waals surface area contributed by atoms with Gasteiger partial charge in [0, 0.05) is 10.5 Å². The standard InChI is InChI=1S/C14H18BrN3/c1-14(8-10-2-4-11(15)5-3-10)9-17-13(16)18(14)12-6-7-12/h2-5,12H,6-9H2,1H3,(H2,16,17). The van der Waals surface area contributed by atoms with Gasteiger partial charge in [0.1, 0.15) is 0 Å². The molecule has 1 aliphatic carbocycles. The van der Waals surface area contributed by atoms with Crippen LogP contribution in [-0.4, -0.2) is 29.0 Å². The topological polar surface area (TPSA) is 41.6 Å². The van der Waals surface area contributed by atoms with E-state index in [-0.39, 0.29) is 5.54 Å². The molecular formula is C14H18BrN3. The van der Waals surface area contributed by atoms with E-state index in [0.717, 1.165) is 23.4 Å². The van der Waals surface area contributed by atoms with Crippen molar-refractivity contribution in [3.63, 3.8) is 0 Å². The molecular weight excluding hydrogens is 290 g/mol. The van der Waals surface area contributed by atoms with E-state index in [2.05, 4.69) is 57.0 Å². The summed E-state index contributed by atoms with van der Waals surface area (Å²) in [7, 11) is 0. The minimum Gasteiger partial charge on any atom is -0.370 e. The molecule has 0 amide bonds. The van der Waals surface area contributed by atoms with Crippen LogP contribution in [0.15, 0.2) is 33.7 Å². The molecule has 0 spiro atoms. The van der Waals surface area contributed by atoms with E-state index in [0.29, 0.717) is 6.04 Å². The van der Waals surface area contributed by atoms with E-state index in [1.807, 2.05) is 0 Å². The molecule has 3 nitrogen and oxygen atoms in total. The van der Waals surface area contributed by atoms with Crippen LogP contribution in [0, 0.1) is 0 Å². The highest BCUT2D eigenvalue weighted by atomic mass is 79.9. The second-order valence-corrected chi connectivity index (χ2v) is 6.49. The number of nitrogens with two attached hydrogens (primary N) is 1. The summed E-state index contributed by atoms with van der Waals surface area (Å²) < 4.78 is 1.12. The molecule has 1 saturated carbocycles. The molecule has 0 bridgehead atoms. The smallest absolute Gasteiger partial charge is 0.192 e. The lowest BCUT2D eigenvalue weighted by Gasteiger charge is -2.36. The maximum Gasteiger partial charge on any atom is 0.192 e. The average molecular weight is 308 g/mol. The summed E-state index contributed by atoms with van der Waals surface area (Å²) in [6.07, 6.45) is 3.51. The van der Waals surface area contributed by atoms with Gasteiger partial charge in [-0.2, -0.15) is 0 Å². The SMILES string of the molecule is CC1(Cc2ccc(Br)cc2)CN=C(N)N1C1CC1. The summed E-state index contributed by atoms with van der Waals surface area (Å²) in [5.74, 6) is 0.733. The lowest BCUT2D eigenvalue weighted by molar-refractivity contribution is 0.212. The summed E-state index contributed by atoms with van der Waals surface area (Å²) in [5.41, 5.74) is 7.44. The predicted octanol–water partition coefficient (Wildman–Crippen LogP) is 2.54.